The molecule has 32 heavy (non-hydrogen) atoms. The number of hydrogen-bond acceptors (Lipinski definition) is 5. The highest BCUT2D eigenvalue weighted by Gasteiger charge is 2.35. The molecule has 3 rings (SSSR count). The van der Waals surface area contributed by atoms with Crippen LogP contribution < -0.4 is 10.6 Å². The smallest absolute Gasteiger partial charge is 0.307 e. The monoisotopic (exact) mass is 505 g/mol. The van der Waals surface area contributed by atoms with E-state index < -0.39 is 46.0 Å². The number of alkyl halides is 3. The van der Waals surface area contributed by atoms with Crippen molar-refractivity contribution in [1.82, 2.24) is 4.90 Å². The van der Waals surface area contributed by atoms with Gasteiger partial charge in [0.05, 0.1) is 32.5 Å². The van der Waals surface area contributed by atoms with Crippen LogP contribution in [0.3, 0.4) is 0 Å². The van der Waals surface area contributed by atoms with Crippen molar-refractivity contribution in [1.29, 1.82) is 0 Å². The second-order valence-electron chi connectivity index (χ2n) is 6.34. The molecule has 13 heteroatoms. The molecule has 0 atom stereocenters. The van der Waals surface area contributed by atoms with Crippen LogP contribution in [-0.2, 0) is 15.8 Å². The van der Waals surface area contributed by atoms with E-state index in [0.717, 1.165) is 17.8 Å². The summed E-state index contributed by atoms with van der Waals surface area (Å²) < 4.78 is 39.6. The highest BCUT2D eigenvalue weighted by Crippen LogP contribution is 2.34. The second-order valence-corrected chi connectivity index (χ2v) is 8.19. The van der Waals surface area contributed by atoms with E-state index in [1.165, 1.54) is 18.2 Å². The minimum atomic E-state index is -4.77. The van der Waals surface area contributed by atoms with Crippen LogP contribution >= 0.6 is 35.0 Å². The van der Waals surface area contributed by atoms with Crippen molar-refractivity contribution in [2.75, 3.05) is 22.9 Å². The lowest BCUT2D eigenvalue weighted by atomic mass is 10.1. The largest absolute Gasteiger partial charge is 0.416 e. The lowest BCUT2D eigenvalue weighted by Crippen LogP contribution is -2.45. The summed E-state index contributed by atoms with van der Waals surface area (Å²) in [6.07, 6.45) is -4.77. The van der Waals surface area contributed by atoms with Crippen molar-refractivity contribution < 1.29 is 32.3 Å². The van der Waals surface area contributed by atoms with E-state index >= 15 is 0 Å². The van der Waals surface area contributed by atoms with Gasteiger partial charge in [0.25, 0.3) is 11.0 Å². The molecule has 2 aromatic carbocycles. The number of nitrogens with one attached hydrogen (secondary N) is 2. The van der Waals surface area contributed by atoms with Crippen molar-refractivity contribution in [3.8, 4) is 0 Å². The summed E-state index contributed by atoms with van der Waals surface area (Å²) in [4.78, 5) is 49.5. The fourth-order valence-electron chi connectivity index (χ4n) is 2.73. The van der Waals surface area contributed by atoms with Crippen LogP contribution in [0.1, 0.15) is 15.9 Å². The summed E-state index contributed by atoms with van der Waals surface area (Å²) in [5.74, 6) is -1.96. The Kier molecular flexibility index (Phi) is 7.01. The van der Waals surface area contributed by atoms with Crippen molar-refractivity contribution in [3.63, 3.8) is 0 Å². The molecule has 0 saturated carbocycles. The first-order valence-electron chi connectivity index (χ1n) is 8.75. The molecule has 0 unspecified atom stereocenters. The van der Waals surface area contributed by atoms with Gasteiger partial charge < -0.3 is 10.6 Å². The number of amides is 4. The Hall–Kier alpha value is -2.76. The minimum Gasteiger partial charge on any atom is -0.307 e. The Morgan fingerprint density at radius 3 is 2.41 bits per heavy atom. The molecule has 2 N–H and O–H groups in total. The van der Waals surface area contributed by atoms with Crippen molar-refractivity contribution in [3.05, 3.63) is 57.6 Å². The molecular weight excluding hydrogens is 494 g/mol. The van der Waals surface area contributed by atoms with Gasteiger partial charge in [0.2, 0.25) is 0 Å². The molecule has 1 aliphatic heterocycles. The fraction of sp³-hybridized carbons (Fsp3) is 0.158. The molecule has 0 spiro atoms. The number of rotatable bonds is 3. The zero-order valence-electron chi connectivity index (χ0n) is 15.8. The molecular formula is C19H12Cl2F3N3O4S. The van der Waals surface area contributed by atoms with Crippen molar-refractivity contribution in [2.45, 2.75) is 6.18 Å². The number of carbonyl (C=O) groups is 4. The topological polar surface area (TPSA) is 95.6 Å². The van der Waals surface area contributed by atoms with E-state index in [2.05, 4.69) is 10.6 Å². The standard InChI is InChI=1S/C19H12Cl2F3N3O4S/c20-11-2-1-3-12(14(11)21)25-18(31)26-13-8-9(19(22,23)24)4-5-10(13)15(28)27-6-7-32-17(30)16(27)29/h1-5,8H,6-7H2,(H2,25,26,31). The van der Waals surface area contributed by atoms with Crippen LogP contribution in [0, 0.1) is 0 Å². The first-order valence-corrected chi connectivity index (χ1v) is 10.5. The normalized spacial score (nSPS) is 14.3. The van der Waals surface area contributed by atoms with Gasteiger partial charge in [0.1, 0.15) is 0 Å². The van der Waals surface area contributed by atoms with Crippen LogP contribution in [0.2, 0.25) is 10.0 Å². The fourth-order valence-corrected chi connectivity index (χ4v) is 3.77. The van der Waals surface area contributed by atoms with Gasteiger partial charge in [-0.25, -0.2) is 4.79 Å². The average Bonchev–Trinajstić information content (AvgIpc) is 2.72. The maximum Gasteiger partial charge on any atom is 0.416 e. The first kappa shape index (κ1) is 23.9. The first-order chi connectivity index (χ1) is 15.0. The van der Waals surface area contributed by atoms with Gasteiger partial charge in [-0.05, 0) is 30.3 Å². The number of carbonyl (C=O) groups excluding carboxylic acids is 4. The van der Waals surface area contributed by atoms with Crippen LogP contribution in [0.15, 0.2) is 36.4 Å². The summed E-state index contributed by atoms with van der Waals surface area (Å²) in [5.41, 5.74) is -1.98. The highest BCUT2D eigenvalue weighted by atomic mass is 35.5. The third-order valence-corrected chi connectivity index (χ3v) is 5.88. The summed E-state index contributed by atoms with van der Waals surface area (Å²) in [6, 6.07) is 5.35. The highest BCUT2D eigenvalue weighted by molar-refractivity contribution is 8.15. The van der Waals surface area contributed by atoms with Crippen molar-refractivity contribution in [2.24, 2.45) is 0 Å². The molecule has 168 valence electrons. The summed E-state index contributed by atoms with van der Waals surface area (Å²) in [6.45, 7) is -0.112. The summed E-state index contributed by atoms with van der Waals surface area (Å²) >= 11 is 12.6. The second kappa shape index (κ2) is 9.39. The summed E-state index contributed by atoms with van der Waals surface area (Å²) in [7, 11) is 0. The van der Waals surface area contributed by atoms with Gasteiger partial charge in [-0.1, -0.05) is 41.0 Å². The van der Waals surface area contributed by atoms with Gasteiger partial charge in [-0.15, -0.1) is 0 Å². The Balaban J connectivity index is 1.94. The van der Waals surface area contributed by atoms with E-state index in [1.54, 1.807) is 0 Å². The number of urea groups is 1. The van der Waals surface area contributed by atoms with Crippen LogP contribution in [-0.4, -0.2) is 40.2 Å². The van der Waals surface area contributed by atoms with E-state index in [1.807, 2.05) is 0 Å². The number of hydrogen-bond donors (Lipinski definition) is 2. The summed E-state index contributed by atoms with van der Waals surface area (Å²) in [5, 5.41) is 3.75. The van der Waals surface area contributed by atoms with Gasteiger partial charge in [0, 0.05) is 12.3 Å². The Morgan fingerprint density at radius 2 is 1.72 bits per heavy atom. The molecule has 0 aliphatic carbocycles. The van der Waals surface area contributed by atoms with E-state index in [4.69, 9.17) is 23.2 Å². The lowest BCUT2D eigenvalue weighted by Gasteiger charge is -2.24. The predicted molar refractivity (Wildman–Crippen MR) is 114 cm³/mol. The Labute approximate surface area is 193 Å². The average molecular weight is 506 g/mol. The maximum absolute atomic E-state index is 13.2. The molecule has 1 heterocycles. The van der Waals surface area contributed by atoms with Gasteiger partial charge in [0.15, 0.2) is 0 Å². The quantitative estimate of drug-likeness (QED) is 0.456. The maximum atomic E-state index is 13.2. The van der Waals surface area contributed by atoms with E-state index in [0.29, 0.717) is 17.0 Å². The predicted octanol–water partition coefficient (Wildman–Crippen LogP) is 4.90. The van der Waals surface area contributed by atoms with Crippen LogP contribution in [0.25, 0.3) is 0 Å². The molecule has 7 nitrogen and oxygen atoms in total. The van der Waals surface area contributed by atoms with E-state index in [-0.39, 0.29) is 28.0 Å². The number of halogens is 5. The van der Waals surface area contributed by atoms with Gasteiger partial charge >= 0.3 is 18.1 Å². The molecule has 4 amide bonds. The van der Waals surface area contributed by atoms with Gasteiger partial charge in [-0.3, -0.25) is 19.3 Å². The minimum absolute atomic E-state index is 0.000385. The number of benzene rings is 2. The SMILES string of the molecule is O=C(Nc1cc(C(F)(F)F)ccc1C(=O)N1CCSC(=O)C1=O)Nc1cccc(Cl)c1Cl. The number of imide groups is 1. The third-order valence-electron chi connectivity index (χ3n) is 4.24. The Morgan fingerprint density at radius 1 is 1.03 bits per heavy atom. The lowest BCUT2D eigenvalue weighted by molar-refractivity contribution is -0.138. The van der Waals surface area contributed by atoms with E-state index in [9.17, 15) is 32.3 Å². The van der Waals surface area contributed by atoms with Crippen LogP contribution in [0.4, 0.5) is 29.3 Å². The molecule has 0 radical (unpaired) electrons. The molecule has 0 aromatic heterocycles. The van der Waals surface area contributed by atoms with Gasteiger partial charge in [-0.2, -0.15) is 13.2 Å². The zero-order chi connectivity index (χ0) is 23.6. The number of anilines is 2. The zero-order valence-corrected chi connectivity index (χ0v) is 18.1. The number of nitrogens with zero attached hydrogens (tertiary/aromatic N) is 1. The molecule has 1 saturated heterocycles. The van der Waals surface area contributed by atoms with Crippen LogP contribution in [0.5, 0.6) is 0 Å². The number of thioether (sulfide) groups is 1. The third kappa shape index (κ3) is 5.17. The Bertz CT molecular complexity index is 1130. The molecule has 1 aliphatic rings. The molecule has 1 fully saturated rings. The molecule has 0 bridgehead atoms. The van der Waals surface area contributed by atoms with Crippen molar-refractivity contribution >= 4 is 69.3 Å². The molecule has 2 aromatic rings.